The zero-order valence-corrected chi connectivity index (χ0v) is 8.76. The van der Waals surface area contributed by atoms with E-state index in [0.29, 0.717) is 0 Å². The number of fused-ring (bicyclic) bond motifs is 1. The van der Waals surface area contributed by atoms with Crippen LogP contribution >= 0.6 is 0 Å². The van der Waals surface area contributed by atoms with E-state index >= 15 is 0 Å². The van der Waals surface area contributed by atoms with Gasteiger partial charge in [0.1, 0.15) is 0 Å². The molecule has 0 aliphatic rings. The molecule has 1 aromatic heterocycles. The Hall–Kier alpha value is -1.94. The highest BCUT2D eigenvalue weighted by Gasteiger charge is 2.12. The smallest absolute Gasteiger partial charge is 0.219 e. The third-order valence-electron chi connectivity index (χ3n) is 2.48. The van der Waals surface area contributed by atoms with E-state index in [-0.39, 0.29) is 6.42 Å². The highest BCUT2D eigenvalue weighted by molar-refractivity contribution is 5.83. The van der Waals surface area contributed by atoms with E-state index in [9.17, 15) is 4.79 Å². The average molecular weight is 215 g/mol. The monoisotopic (exact) mass is 215 g/mol. The van der Waals surface area contributed by atoms with E-state index < -0.39 is 11.9 Å². The molecule has 0 bridgehead atoms. The second-order valence-electron chi connectivity index (χ2n) is 3.70. The number of rotatable bonds is 3. The summed E-state index contributed by atoms with van der Waals surface area (Å²) in [6.45, 7) is 0. The van der Waals surface area contributed by atoms with Crippen LogP contribution in [0.25, 0.3) is 10.9 Å². The van der Waals surface area contributed by atoms with Gasteiger partial charge in [-0.25, -0.2) is 0 Å². The quantitative estimate of drug-likeness (QED) is 0.804. The van der Waals surface area contributed by atoms with Crippen molar-refractivity contribution in [3.63, 3.8) is 0 Å². The summed E-state index contributed by atoms with van der Waals surface area (Å²) in [6, 6.07) is 9.18. The van der Waals surface area contributed by atoms with Crippen LogP contribution < -0.4 is 11.5 Å². The molecule has 16 heavy (non-hydrogen) atoms. The minimum Gasteiger partial charge on any atom is -0.370 e. The molecule has 0 radical (unpaired) electrons. The molecule has 4 N–H and O–H groups in total. The molecule has 0 spiro atoms. The zero-order chi connectivity index (χ0) is 11.5. The van der Waals surface area contributed by atoms with Crippen molar-refractivity contribution in [1.29, 1.82) is 0 Å². The van der Waals surface area contributed by atoms with Gasteiger partial charge in [-0.2, -0.15) is 0 Å². The van der Waals surface area contributed by atoms with Gasteiger partial charge in [-0.1, -0.05) is 24.3 Å². The predicted octanol–water partition coefficient (Wildman–Crippen LogP) is 1.11. The summed E-state index contributed by atoms with van der Waals surface area (Å²) in [4.78, 5) is 15.1. The van der Waals surface area contributed by atoms with Crippen LogP contribution in [0, 0.1) is 0 Å². The largest absolute Gasteiger partial charge is 0.370 e. The molecular weight excluding hydrogens is 202 g/mol. The van der Waals surface area contributed by atoms with E-state index in [4.69, 9.17) is 11.5 Å². The van der Waals surface area contributed by atoms with E-state index in [2.05, 4.69) is 4.98 Å². The summed E-state index contributed by atoms with van der Waals surface area (Å²) < 4.78 is 0. The number of nitrogens with zero attached hydrogens (tertiary/aromatic N) is 1. The summed E-state index contributed by atoms with van der Waals surface area (Å²) in [7, 11) is 0. The summed E-state index contributed by atoms with van der Waals surface area (Å²) in [5, 5.41) is 1.01. The van der Waals surface area contributed by atoms with Gasteiger partial charge in [0.25, 0.3) is 0 Å². The number of nitrogens with two attached hydrogens (primary N) is 2. The molecule has 1 unspecified atom stereocenters. The van der Waals surface area contributed by atoms with Gasteiger partial charge < -0.3 is 11.5 Å². The van der Waals surface area contributed by atoms with Crippen molar-refractivity contribution >= 4 is 16.8 Å². The molecule has 1 heterocycles. The van der Waals surface area contributed by atoms with Crippen LogP contribution in [0.4, 0.5) is 0 Å². The Balaban J connectivity index is 2.47. The molecule has 0 saturated carbocycles. The topological polar surface area (TPSA) is 82.0 Å². The standard InChI is InChI=1S/C12H13N3O/c13-10(7-11(14)16)9-5-1-3-8-4-2-6-15-12(8)9/h1-6,10H,7,13H2,(H2,14,16). The highest BCUT2D eigenvalue weighted by atomic mass is 16.1. The fraction of sp³-hybridized carbons (Fsp3) is 0.167. The van der Waals surface area contributed by atoms with Crippen molar-refractivity contribution < 1.29 is 4.79 Å². The molecule has 1 aromatic carbocycles. The van der Waals surface area contributed by atoms with Gasteiger partial charge >= 0.3 is 0 Å². The summed E-state index contributed by atoms with van der Waals surface area (Å²) in [6.07, 6.45) is 1.85. The number of para-hydroxylation sites is 1. The van der Waals surface area contributed by atoms with Gasteiger partial charge in [0.15, 0.2) is 0 Å². The lowest BCUT2D eigenvalue weighted by Crippen LogP contribution is -2.21. The molecule has 0 aliphatic heterocycles. The van der Waals surface area contributed by atoms with Crippen molar-refractivity contribution in [2.24, 2.45) is 11.5 Å². The molecular formula is C12H13N3O. The third kappa shape index (κ3) is 2.01. The van der Waals surface area contributed by atoms with Crippen molar-refractivity contribution in [2.75, 3.05) is 0 Å². The number of benzene rings is 1. The number of hydrogen-bond acceptors (Lipinski definition) is 3. The highest BCUT2D eigenvalue weighted by Crippen LogP contribution is 2.22. The van der Waals surface area contributed by atoms with Gasteiger partial charge in [-0.15, -0.1) is 0 Å². The lowest BCUT2D eigenvalue weighted by atomic mass is 10.0. The Kier molecular flexibility index (Phi) is 2.83. The molecule has 82 valence electrons. The Bertz CT molecular complexity index is 519. The summed E-state index contributed by atoms with van der Waals surface area (Å²) >= 11 is 0. The Morgan fingerprint density at radius 3 is 2.81 bits per heavy atom. The lowest BCUT2D eigenvalue weighted by molar-refractivity contribution is -0.118. The minimum absolute atomic E-state index is 0.135. The molecule has 0 fully saturated rings. The molecule has 1 atom stereocenters. The lowest BCUT2D eigenvalue weighted by Gasteiger charge is -2.11. The minimum atomic E-state index is -0.402. The number of aromatic nitrogens is 1. The maximum absolute atomic E-state index is 10.8. The van der Waals surface area contributed by atoms with Gasteiger partial charge in [0, 0.05) is 24.0 Å². The summed E-state index contributed by atoms with van der Waals surface area (Å²) in [5.74, 6) is -0.402. The first-order valence-corrected chi connectivity index (χ1v) is 5.06. The third-order valence-corrected chi connectivity index (χ3v) is 2.48. The van der Waals surface area contributed by atoms with Crippen molar-refractivity contribution in [3.8, 4) is 0 Å². The Morgan fingerprint density at radius 1 is 1.31 bits per heavy atom. The van der Waals surface area contributed by atoms with Crippen molar-refractivity contribution in [1.82, 2.24) is 4.98 Å². The van der Waals surface area contributed by atoms with Crippen LogP contribution in [0.3, 0.4) is 0 Å². The number of carbonyl (C=O) groups is 1. The first-order chi connectivity index (χ1) is 7.68. The SMILES string of the molecule is NC(=O)CC(N)c1cccc2cccnc12. The van der Waals surface area contributed by atoms with Crippen LogP contribution in [0.2, 0.25) is 0 Å². The van der Waals surface area contributed by atoms with Crippen LogP contribution in [-0.4, -0.2) is 10.9 Å². The molecule has 0 saturated heterocycles. The number of primary amides is 1. The van der Waals surface area contributed by atoms with Crippen molar-refractivity contribution in [3.05, 3.63) is 42.1 Å². The Morgan fingerprint density at radius 2 is 2.06 bits per heavy atom. The second kappa shape index (κ2) is 4.28. The van der Waals surface area contributed by atoms with Crippen LogP contribution in [-0.2, 0) is 4.79 Å². The molecule has 4 heteroatoms. The van der Waals surface area contributed by atoms with Crippen LogP contribution in [0.5, 0.6) is 0 Å². The Labute approximate surface area is 93.3 Å². The van der Waals surface area contributed by atoms with E-state index in [1.807, 2.05) is 30.3 Å². The molecule has 2 aromatic rings. The van der Waals surface area contributed by atoms with Gasteiger partial charge in [-0.05, 0) is 11.6 Å². The van der Waals surface area contributed by atoms with Gasteiger partial charge in [0.05, 0.1) is 5.52 Å². The van der Waals surface area contributed by atoms with E-state index in [1.54, 1.807) is 6.20 Å². The second-order valence-corrected chi connectivity index (χ2v) is 3.70. The van der Waals surface area contributed by atoms with Crippen molar-refractivity contribution in [2.45, 2.75) is 12.5 Å². The normalized spacial score (nSPS) is 12.6. The fourth-order valence-corrected chi connectivity index (χ4v) is 1.75. The van der Waals surface area contributed by atoms with Crippen LogP contribution in [0.1, 0.15) is 18.0 Å². The maximum atomic E-state index is 10.8. The fourth-order valence-electron chi connectivity index (χ4n) is 1.75. The number of pyridine rings is 1. The molecule has 2 rings (SSSR count). The molecule has 1 amide bonds. The first kappa shape index (κ1) is 10.6. The van der Waals surface area contributed by atoms with E-state index in [1.165, 1.54) is 0 Å². The average Bonchev–Trinajstić information content (AvgIpc) is 2.27. The number of carbonyl (C=O) groups excluding carboxylic acids is 1. The maximum Gasteiger partial charge on any atom is 0.219 e. The molecule has 4 nitrogen and oxygen atoms in total. The van der Waals surface area contributed by atoms with Crippen LogP contribution in [0.15, 0.2) is 36.5 Å². The molecule has 0 aliphatic carbocycles. The number of amides is 1. The summed E-state index contributed by atoms with van der Waals surface area (Å²) in [5.41, 5.74) is 12.7. The zero-order valence-electron chi connectivity index (χ0n) is 8.76. The first-order valence-electron chi connectivity index (χ1n) is 5.06. The van der Waals surface area contributed by atoms with E-state index in [0.717, 1.165) is 16.5 Å². The van der Waals surface area contributed by atoms with Gasteiger partial charge in [-0.3, -0.25) is 9.78 Å². The number of hydrogen-bond donors (Lipinski definition) is 2. The predicted molar refractivity (Wildman–Crippen MR) is 62.5 cm³/mol. The van der Waals surface area contributed by atoms with Gasteiger partial charge in [0.2, 0.25) is 5.91 Å².